The molecule has 7 atom stereocenters. The molecule has 6 bridgehead atoms. The van der Waals surface area contributed by atoms with Gasteiger partial charge in [0.2, 0.25) is 0 Å². The minimum absolute atomic E-state index is 0.0530. The number of Topliss-reactive ketones (excluding diaryl/α,β-unsaturated/α-hetero) is 1. The summed E-state index contributed by atoms with van der Waals surface area (Å²) in [4.78, 5) is 31.5. The first-order chi connectivity index (χ1) is 28.5. The van der Waals surface area contributed by atoms with Crippen LogP contribution in [0.4, 0.5) is 9.18 Å². The molecule has 1 amide bonds. The number of nitrogens with zero attached hydrogens (tertiary/aromatic N) is 1. The van der Waals surface area contributed by atoms with Gasteiger partial charge in [-0.3, -0.25) is 4.79 Å². The van der Waals surface area contributed by atoms with Gasteiger partial charge in [-0.15, -0.1) is 0 Å². The van der Waals surface area contributed by atoms with Gasteiger partial charge in [-0.05, 0) is 179 Å². The Morgan fingerprint density at radius 1 is 0.967 bits per heavy atom. The van der Waals surface area contributed by atoms with Gasteiger partial charge >= 0.3 is 6.09 Å². The largest absolute Gasteiger partial charge is 0.446 e. The van der Waals surface area contributed by atoms with E-state index in [2.05, 4.69) is 40.7 Å². The number of amides is 1. The number of benzene rings is 2. The van der Waals surface area contributed by atoms with E-state index in [1.54, 1.807) is 12.1 Å². The van der Waals surface area contributed by atoms with Crippen LogP contribution in [0.2, 0.25) is 5.02 Å². The Kier molecular flexibility index (Phi) is 12.8. The van der Waals surface area contributed by atoms with Crippen molar-refractivity contribution < 1.29 is 28.9 Å². The fourth-order valence-electron chi connectivity index (χ4n) is 14.0. The number of ketones is 1. The summed E-state index contributed by atoms with van der Waals surface area (Å²) in [5.74, 6) is 2.44. The highest BCUT2D eigenvalue weighted by Crippen LogP contribution is 2.62. The molecule has 2 aromatic carbocycles. The van der Waals surface area contributed by atoms with Crippen LogP contribution >= 0.6 is 11.6 Å². The SMILES string of the molecule is CC1=CCC[C@@]2(C)[C@@H](CC[C@@]2(O)CN(CC23CC4CC(CC(C4)C2)C3)C(=O)O[C@H]2C[C@@H](C)CC[C@@H]2C(C)C)c2ccc(cc2C(=O)Cc2c(F)cccc2Cl)C[C@@H](O)CC1. The van der Waals surface area contributed by atoms with E-state index >= 15 is 4.39 Å². The Morgan fingerprint density at radius 3 is 2.37 bits per heavy atom. The van der Waals surface area contributed by atoms with Crippen molar-refractivity contribution in [2.24, 2.45) is 46.3 Å². The number of carbonyl (C=O) groups excluding carboxylic acids is 2. The minimum Gasteiger partial charge on any atom is -0.446 e. The summed E-state index contributed by atoms with van der Waals surface area (Å²) in [6, 6.07) is 10.4. The van der Waals surface area contributed by atoms with E-state index in [0.29, 0.717) is 62.0 Å². The van der Waals surface area contributed by atoms with Gasteiger partial charge in [0.05, 0.1) is 18.2 Å². The number of allylic oxidation sites excluding steroid dienone is 2. The van der Waals surface area contributed by atoms with E-state index in [1.807, 2.05) is 23.1 Å². The molecule has 328 valence electrons. The topological polar surface area (TPSA) is 87.1 Å². The lowest BCUT2D eigenvalue weighted by Crippen LogP contribution is -2.58. The second-order valence-corrected chi connectivity index (χ2v) is 22.2. The van der Waals surface area contributed by atoms with Crippen molar-refractivity contribution in [2.75, 3.05) is 13.1 Å². The van der Waals surface area contributed by atoms with Gasteiger partial charge in [0, 0.05) is 34.5 Å². The van der Waals surface area contributed by atoms with Gasteiger partial charge in [0.25, 0.3) is 0 Å². The fourth-order valence-corrected chi connectivity index (χ4v) is 14.3. The quantitative estimate of drug-likeness (QED) is 0.194. The summed E-state index contributed by atoms with van der Waals surface area (Å²) in [7, 11) is 0. The molecule has 0 heterocycles. The molecular weight excluding hydrogens is 773 g/mol. The molecule has 0 radical (unpaired) electrons. The Bertz CT molecular complexity index is 1890. The van der Waals surface area contributed by atoms with Crippen molar-refractivity contribution >= 4 is 23.5 Å². The zero-order valence-corrected chi connectivity index (χ0v) is 37.8. The number of hydrogen-bond donors (Lipinski definition) is 2. The lowest BCUT2D eigenvalue weighted by Gasteiger charge is -2.58. The predicted octanol–water partition coefficient (Wildman–Crippen LogP) is 12.1. The number of ether oxygens (including phenoxy) is 1. The summed E-state index contributed by atoms with van der Waals surface area (Å²) in [6.45, 7) is 11.9. The average molecular weight is 845 g/mol. The molecule has 0 aromatic heterocycles. The van der Waals surface area contributed by atoms with Crippen LogP contribution in [0.15, 0.2) is 48.0 Å². The van der Waals surface area contributed by atoms with Crippen LogP contribution in [0.1, 0.15) is 164 Å². The summed E-state index contributed by atoms with van der Waals surface area (Å²) < 4.78 is 21.9. The molecule has 6 fully saturated rings. The molecule has 10 rings (SSSR count). The third-order valence-corrected chi connectivity index (χ3v) is 17.3. The Labute approximate surface area is 364 Å². The van der Waals surface area contributed by atoms with E-state index in [0.717, 1.165) is 80.2 Å². The highest BCUT2D eigenvalue weighted by atomic mass is 35.5. The predicted molar refractivity (Wildman–Crippen MR) is 237 cm³/mol. The molecule has 8 aliphatic carbocycles. The molecule has 8 heteroatoms. The molecule has 6 saturated carbocycles. The normalized spacial score (nSPS) is 36.5. The van der Waals surface area contributed by atoms with Crippen molar-refractivity contribution in [3.05, 3.63) is 81.1 Å². The fraction of sp³-hybridized carbons (Fsp3) is 0.692. The third-order valence-electron chi connectivity index (χ3n) is 17.0. The highest BCUT2D eigenvalue weighted by molar-refractivity contribution is 6.31. The number of aliphatic hydroxyl groups is 2. The van der Waals surface area contributed by atoms with Crippen molar-refractivity contribution in [1.29, 1.82) is 0 Å². The maximum atomic E-state index is 15.2. The van der Waals surface area contributed by atoms with Gasteiger partial charge in [-0.2, -0.15) is 0 Å². The van der Waals surface area contributed by atoms with E-state index in [1.165, 1.54) is 30.9 Å². The molecule has 60 heavy (non-hydrogen) atoms. The summed E-state index contributed by atoms with van der Waals surface area (Å²) in [6.07, 6.45) is 15.8. The second kappa shape index (κ2) is 17.4. The Hall–Kier alpha value is -2.74. The number of rotatable bonds is 9. The van der Waals surface area contributed by atoms with Crippen molar-refractivity contribution in [3.63, 3.8) is 0 Å². The average Bonchev–Trinajstić information content (AvgIpc) is 3.42. The molecule has 0 saturated heterocycles. The lowest BCUT2D eigenvalue weighted by molar-refractivity contribution is -0.108. The summed E-state index contributed by atoms with van der Waals surface area (Å²) in [5, 5.41) is 24.8. The standard InChI is InChI=1S/C52H71ClFNO5/c1-32(2)40-15-12-34(4)20-48(40)60-49(58)55(30-51-27-36-21-37(28-51)23-38(22-36)29-51)31-52(59)19-17-44-41-16-13-35(24-39(56)14-11-33(3)8-7-18-50(44,52)5)25-42(41)47(57)26-43-45(53)9-6-10-46(43)54/h6,8-10,13,16,25,32,34,36-40,44,48,56,59H,7,11-12,14-15,17-24,26-31H2,1-5H3/t34-,36?,37?,38?,39-,40+,44-,48-,50-,51?,52+/m0/s1. The first kappa shape index (κ1) is 43.9. The van der Waals surface area contributed by atoms with Crippen LogP contribution in [0.3, 0.4) is 0 Å². The Balaban J connectivity index is 1.17. The summed E-state index contributed by atoms with van der Waals surface area (Å²) in [5.41, 5.74) is 1.65. The van der Waals surface area contributed by atoms with Gasteiger partial charge < -0.3 is 19.8 Å². The van der Waals surface area contributed by atoms with Crippen molar-refractivity contribution in [3.8, 4) is 0 Å². The van der Waals surface area contributed by atoms with Crippen LogP contribution in [-0.4, -0.2) is 57.9 Å². The maximum absolute atomic E-state index is 15.2. The van der Waals surface area contributed by atoms with Crippen LogP contribution < -0.4 is 0 Å². The van der Waals surface area contributed by atoms with Gasteiger partial charge in [0.1, 0.15) is 11.9 Å². The number of aliphatic hydroxyl groups excluding tert-OH is 1. The minimum atomic E-state index is -1.26. The van der Waals surface area contributed by atoms with Crippen LogP contribution in [0, 0.1) is 52.2 Å². The van der Waals surface area contributed by atoms with Crippen molar-refractivity contribution in [1.82, 2.24) is 4.90 Å². The van der Waals surface area contributed by atoms with E-state index < -0.39 is 22.9 Å². The number of halogens is 2. The van der Waals surface area contributed by atoms with Gasteiger partial charge in [0.15, 0.2) is 5.78 Å². The first-order valence-electron chi connectivity index (χ1n) is 23.6. The van der Waals surface area contributed by atoms with Crippen molar-refractivity contribution in [2.45, 2.75) is 167 Å². The maximum Gasteiger partial charge on any atom is 0.410 e. The number of fused-ring (bicyclic) bond motifs is 8. The molecular formula is C52H71ClFNO5. The Morgan fingerprint density at radius 2 is 1.68 bits per heavy atom. The third kappa shape index (κ3) is 8.89. The molecule has 2 N–H and O–H groups in total. The number of hydrogen-bond acceptors (Lipinski definition) is 5. The zero-order valence-electron chi connectivity index (χ0n) is 37.0. The molecule has 0 unspecified atom stereocenters. The highest BCUT2D eigenvalue weighted by Gasteiger charge is 2.59. The van der Waals surface area contributed by atoms with Crippen LogP contribution in [0.25, 0.3) is 0 Å². The summed E-state index contributed by atoms with van der Waals surface area (Å²) >= 11 is 6.48. The van der Waals surface area contributed by atoms with Crippen LogP contribution in [0.5, 0.6) is 0 Å². The first-order valence-corrected chi connectivity index (χ1v) is 24.0. The smallest absolute Gasteiger partial charge is 0.410 e. The second-order valence-electron chi connectivity index (χ2n) is 21.8. The van der Waals surface area contributed by atoms with Gasteiger partial charge in [-0.25, -0.2) is 9.18 Å². The van der Waals surface area contributed by atoms with Gasteiger partial charge in [-0.1, -0.05) is 75.6 Å². The molecule has 0 aliphatic heterocycles. The zero-order chi connectivity index (χ0) is 42.6. The molecule has 2 aromatic rings. The lowest BCUT2D eigenvalue weighted by atomic mass is 9.49. The van der Waals surface area contributed by atoms with E-state index in [-0.39, 0.29) is 52.9 Å². The molecule has 6 nitrogen and oxygen atoms in total. The molecule has 8 aliphatic rings. The monoisotopic (exact) mass is 844 g/mol. The van der Waals surface area contributed by atoms with E-state index in [4.69, 9.17) is 16.3 Å². The van der Waals surface area contributed by atoms with Crippen LogP contribution in [-0.2, 0) is 17.6 Å². The number of carbonyl (C=O) groups is 2. The molecule has 0 spiro atoms. The van der Waals surface area contributed by atoms with E-state index in [9.17, 15) is 19.8 Å².